The first-order valence-corrected chi connectivity index (χ1v) is 5.68. The van der Waals surface area contributed by atoms with Crippen molar-refractivity contribution in [3.8, 4) is 5.75 Å². The summed E-state index contributed by atoms with van der Waals surface area (Å²) in [5, 5.41) is 31.2. The number of hydrogen-bond donors (Lipinski definition) is 4. The highest BCUT2D eigenvalue weighted by Gasteiger charge is 2.42. The van der Waals surface area contributed by atoms with Crippen molar-refractivity contribution >= 4 is 5.69 Å². The molecule has 1 aliphatic rings. The summed E-state index contributed by atoms with van der Waals surface area (Å²) in [5.41, 5.74) is 0.727. The summed E-state index contributed by atoms with van der Waals surface area (Å²) in [6.45, 7) is -0.334. The molecule has 0 aliphatic carbocycles. The summed E-state index contributed by atoms with van der Waals surface area (Å²) in [5.74, 6) is 0.724. The van der Waals surface area contributed by atoms with E-state index in [0.717, 1.165) is 11.4 Å². The fourth-order valence-corrected chi connectivity index (χ4v) is 1.87. The largest absolute Gasteiger partial charge is 0.497 e. The normalized spacial score (nSPS) is 31.3. The lowest BCUT2D eigenvalue weighted by atomic mass is 10.1. The first-order valence-electron chi connectivity index (χ1n) is 5.68. The maximum Gasteiger partial charge on any atom is 0.157 e. The maximum atomic E-state index is 9.75. The van der Waals surface area contributed by atoms with Crippen LogP contribution in [0.3, 0.4) is 0 Å². The van der Waals surface area contributed by atoms with Crippen LogP contribution < -0.4 is 10.1 Å². The van der Waals surface area contributed by atoms with Crippen LogP contribution in [0.1, 0.15) is 0 Å². The van der Waals surface area contributed by atoms with Crippen LogP contribution in [0, 0.1) is 0 Å². The Morgan fingerprint density at radius 2 is 1.89 bits per heavy atom. The molecule has 1 heterocycles. The molecule has 1 fully saturated rings. The number of benzene rings is 1. The van der Waals surface area contributed by atoms with E-state index in [-0.39, 0.29) is 6.61 Å². The molecule has 1 aliphatic heterocycles. The second kappa shape index (κ2) is 5.53. The number of ether oxygens (including phenoxy) is 2. The van der Waals surface area contributed by atoms with Gasteiger partial charge >= 0.3 is 0 Å². The molecule has 0 bridgehead atoms. The van der Waals surface area contributed by atoms with Crippen LogP contribution in [0.4, 0.5) is 5.69 Å². The zero-order valence-corrected chi connectivity index (χ0v) is 9.98. The minimum absolute atomic E-state index is 0.334. The van der Waals surface area contributed by atoms with Crippen LogP contribution in [0.5, 0.6) is 5.75 Å². The molecule has 4 unspecified atom stereocenters. The highest BCUT2D eigenvalue weighted by atomic mass is 16.6. The average molecular weight is 255 g/mol. The number of anilines is 1. The van der Waals surface area contributed by atoms with E-state index in [2.05, 4.69) is 5.32 Å². The number of methoxy groups -OCH3 is 1. The van der Waals surface area contributed by atoms with Crippen molar-refractivity contribution in [3.05, 3.63) is 24.3 Å². The first kappa shape index (κ1) is 13.1. The monoisotopic (exact) mass is 255 g/mol. The number of hydrogen-bond acceptors (Lipinski definition) is 6. The Kier molecular flexibility index (Phi) is 4.03. The van der Waals surface area contributed by atoms with Crippen LogP contribution in [0.25, 0.3) is 0 Å². The molecule has 4 N–H and O–H groups in total. The number of nitrogens with one attached hydrogen (secondary N) is 1. The highest BCUT2D eigenvalue weighted by Crippen LogP contribution is 2.24. The molecule has 6 nitrogen and oxygen atoms in total. The van der Waals surface area contributed by atoms with E-state index >= 15 is 0 Å². The smallest absolute Gasteiger partial charge is 0.157 e. The molecule has 0 spiro atoms. The van der Waals surface area contributed by atoms with Gasteiger partial charge in [-0.25, -0.2) is 0 Å². The summed E-state index contributed by atoms with van der Waals surface area (Å²) in [4.78, 5) is 0. The maximum absolute atomic E-state index is 9.75. The van der Waals surface area contributed by atoms with E-state index in [1.165, 1.54) is 0 Å². The molecule has 0 amide bonds. The molecule has 0 radical (unpaired) electrons. The van der Waals surface area contributed by atoms with E-state index in [9.17, 15) is 10.2 Å². The van der Waals surface area contributed by atoms with E-state index in [1.54, 1.807) is 31.4 Å². The van der Waals surface area contributed by atoms with Gasteiger partial charge < -0.3 is 30.1 Å². The van der Waals surface area contributed by atoms with Gasteiger partial charge in [0, 0.05) is 5.69 Å². The lowest BCUT2D eigenvalue weighted by Crippen LogP contribution is -2.36. The first-order chi connectivity index (χ1) is 8.65. The van der Waals surface area contributed by atoms with Gasteiger partial charge in [0.15, 0.2) is 6.23 Å². The topological polar surface area (TPSA) is 91.2 Å². The molecule has 6 heteroatoms. The zero-order valence-electron chi connectivity index (χ0n) is 9.98. The van der Waals surface area contributed by atoms with Gasteiger partial charge in [-0.3, -0.25) is 0 Å². The Bertz CT molecular complexity index is 383. The fraction of sp³-hybridized carbons (Fsp3) is 0.500. The molecule has 2 rings (SSSR count). The Labute approximate surface area is 105 Å². The van der Waals surface area contributed by atoms with Crippen LogP contribution >= 0.6 is 0 Å². The molecule has 1 saturated heterocycles. The van der Waals surface area contributed by atoms with Gasteiger partial charge in [-0.15, -0.1) is 0 Å². The number of aliphatic hydroxyl groups excluding tert-OH is 3. The number of rotatable bonds is 4. The van der Waals surface area contributed by atoms with Crippen molar-refractivity contribution in [2.75, 3.05) is 19.0 Å². The summed E-state index contributed by atoms with van der Waals surface area (Å²) >= 11 is 0. The van der Waals surface area contributed by atoms with Gasteiger partial charge in [-0.05, 0) is 24.3 Å². The Morgan fingerprint density at radius 1 is 1.22 bits per heavy atom. The molecule has 0 saturated carbocycles. The molecular formula is C12H17NO5. The second-order valence-corrected chi connectivity index (χ2v) is 4.13. The molecule has 4 atom stereocenters. The summed E-state index contributed by atoms with van der Waals surface area (Å²) < 4.78 is 10.3. The third kappa shape index (κ3) is 2.56. The van der Waals surface area contributed by atoms with Gasteiger partial charge in [0.25, 0.3) is 0 Å². The van der Waals surface area contributed by atoms with E-state index in [4.69, 9.17) is 14.6 Å². The van der Waals surface area contributed by atoms with E-state index in [1.807, 2.05) is 0 Å². The van der Waals surface area contributed by atoms with Gasteiger partial charge in [-0.2, -0.15) is 0 Å². The van der Waals surface area contributed by atoms with Gasteiger partial charge in [0.2, 0.25) is 0 Å². The molecular weight excluding hydrogens is 238 g/mol. The second-order valence-electron chi connectivity index (χ2n) is 4.13. The van der Waals surface area contributed by atoms with E-state index in [0.29, 0.717) is 0 Å². The van der Waals surface area contributed by atoms with Gasteiger partial charge in [0.05, 0.1) is 13.7 Å². The fourth-order valence-electron chi connectivity index (χ4n) is 1.87. The Balaban J connectivity index is 2.00. The van der Waals surface area contributed by atoms with Crippen molar-refractivity contribution in [2.45, 2.75) is 24.5 Å². The predicted molar refractivity (Wildman–Crippen MR) is 64.4 cm³/mol. The molecule has 100 valence electrons. The van der Waals surface area contributed by atoms with Crippen LogP contribution in [-0.2, 0) is 4.74 Å². The lowest BCUT2D eigenvalue weighted by molar-refractivity contribution is -0.0153. The quantitative estimate of drug-likeness (QED) is 0.582. The van der Waals surface area contributed by atoms with Crippen molar-refractivity contribution < 1.29 is 24.8 Å². The Morgan fingerprint density at radius 3 is 2.39 bits per heavy atom. The average Bonchev–Trinajstić information content (AvgIpc) is 2.67. The molecule has 18 heavy (non-hydrogen) atoms. The van der Waals surface area contributed by atoms with Gasteiger partial charge in [0.1, 0.15) is 24.1 Å². The third-order valence-corrected chi connectivity index (χ3v) is 2.94. The zero-order chi connectivity index (χ0) is 13.1. The SMILES string of the molecule is COc1ccc(NC2OC(CO)C(O)C2O)cc1. The van der Waals surface area contributed by atoms with Gasteiger partial charge in [-0.1, -0.05) is 0 Å². The summed E-state index contributed by atoms with van der Waals surface area (Å²) in [7, 11) is 1.58. The summed E-state index contributed by atoms with van der Waals surface area (Å²) in [6.07, 6.45) is -3.68. The van der Waals surface area contributed by atoms with Crippen molar-refractivity contribution in [1.82, 2.24) is 0 Å². The Hall–Kier alpha value is -1.34. The standard InChI is InChI=1S/C12H17NO5/c1-17-8-4-2-7(3-5-8)13-12-11(16)10(15)9(6-14)18-12/h2-5,9-16H,6H2,1H3. The predicted octanol–water partition coefficient (Wildman–Crippen LogP) is -0.454. The van der Waals surface area contributed by atoms with Crippen LogP contribution in [0.15, 0.2) is 24.3 Å². The highest BCUT2D eigenvalue weighted by molar-refractivity contribution is 5.47. The van der Waals surface area contributed by atoms with Crippen LogP contribution in [0.2, 0.25) is 0 Å². The molecule has 1 aromatic rings. The molecule has 1 aromatic carbocycles. The minimum atomic E-state index is -1.09. The molecule has 0 aromatic heterocycles. The van der Waals surface area contributed by atoms with Crippen molar-refractivity contribution in [3.63, 3.8) is 0 Å². The van der Waals surface area contributed by atoms with Crippen molar-refractivity contribution in [2.24, 2.45) is 0 Å². The minimum Gasteiger partial charge on any atom is -0.497 e. The lowest BCUT2D eigenvalue weighted by Gasteiger charge is -2.17. The van der Waals surface area contributed by atoms with Crippen molar-refractivity contribution in [1.29, 1.82) is 0 Å². The van der Waals surface area contributed by atoms with Crippen LogP contribution in [-0.4, -0.2) is 53.6 Å². The number of aliphatic hydroxyl groups is 3. The third-order valence-electron chi connectivity index (χ3n) is 2.94. The summed E-state index contributed by atoms with van der Waals surface area (Å²) in [6, 6.07) is 7.08. The van der Waals surface area contributed by atoms with E-state index < -0.39 is 24.5 Å².